The normalized spacial score (nSPS) is 11.4. The summed E-state index contributed by atoms with van der Waals surface area (Å²) in [4.78, 5) is 0. The molecule has 0 saturated carbocycles. The van der Waals surface area contributed by atoms with Gasteiger partial charge < -0.3 is 8.80 Å². The second-order valence-electron chi connectivity index (χ2n) is 2.37. The summed E-state index contributed by atoms with van der Waals surface area (Å²) in [5, 5.41) is 0. The van der Waals surface area contributed by atoms with Gasteiger partial charge in [0.1, 0.15) is 5.75 Å². The number of halogens is 4. The highest BCUT2D eigenvalue weighted by molar-refractivity contribution is 14.1. The van der Waals surface area contributed by atoms with Gasteiger partial charge in [-0.2, -0.15) is 13.2 Å². The first-order valence-corrected chi connectivity index (χ1v) is 4.08. The van der Waals surface area contributed by atoms with E-state index in [0.29, 0.717) is 0 Å². The number of rotatable bonds is 1. The third-order valence-corrected chi connectivity index (χ3v) is 1.85. The number of benzene rings is 1. The number of nitrogen functional groups attached to an aromatic ring is 1. The van der Waals surface area contributed by atoms with Crippen molar-refractivity contribution in [2.45, 2.75) is 6.18 Å². The molecule has 0 unspecified atom stereocenters. The van der Waals surface area contributed by atoms with Crippen LogP contribution in [0.3, 0.4) is 0 Å². The maximum absolute atomic E-state index is 12.2. The standard InChI is InChI=1S/C7H5F3INO/c8-7(9,10)4-1-5(12)3-6(2-4)13-11/h1-3H,12H2. The SMILES string of the molecule is Nc1cc(OI)cc(C(F)(F)F)c1. The highest BCUT2D eigenvalue weighted by atomic mass is 127. The summed E-state index contributed by atoms with van der Waals surface area (Å²) in [6, 6.07) is 3.07. The van der Waals surface area contributed by atoms with Crippen LogP contribution in [0.2, 0.25) is 0 Å². The van der Waals surface area contributed by atoms with Crippen molar-refractivity contribution in [1.82, 2.24) is 0 Å². The van der Waals surface area contributed by atoms with Crippen LogP contribution in [0.5, 0.6) is 5.75 Å². The molecular weight excluding hydrogens is 298 g/mol. The lowest BCUT2D eigenvalue weighted by molar-refractivity contribution is -0.137. The zero-order chi connectivity index (χ0) is 10.1. The topological polar surface area (TPSA) is 35.2 Å². The van der Waals surface area contributed by atoms with Crippen LogP contribution >= 0.6 is 23.0 Å². The van der Waals surface area contributed by atoms with Gasteiger partial charge >= 0.3 is 6.18 Å². The summed E-state index contributed by atoms with van der Waals surface area (Å²) in [5.41, 5.74) is 4.47. The van der Waals surface area contributed by atoms with Crippen LogP contribution in [0, 0.1) is 0 Å². The van der Waals surface area contributed by atoms with Gasteiger partial charge in [0.2, 0.25) is 0 Å². The number of alkyl halides is 3. The van der Waals surface area contributed by atoms with Crippen molar-refractivity contribution in [1.29, 1.82) is 0 Å². The van der Waals surface area contributed by atoms with E-state index in [9.17, 15) is 13.2 Å². The van der Waals surface area contributed by atoms with Crippen LogP contribution < -0.4 is 8.80 Å². The Morgan fingerprint density at radius 3 is 2.31 bits per heavy atom. The third-order valence-electron chi connectivity index (χ3n) is 1.35. The van der Waals surface area contributed by atoms with E-state index in [-0.39, 0.29) is 11.4 Å². The summed E-state index contributed by atoms with van der Waals surface area (Å²) >= 11 is 1.49. The molecule has 72 valence electrons. The first-order valence-electron chi connectivity index (χ1n) is 3.20. The lowest BCUT2D eigenvalue weighted by atomic mass is 10.2. The van der Waals surface area contributed by atoms with Gasteiger partial charge in [-0.1, -0.05) is 0 Å². The van der Waals surface area contributed by atoms with E-state index in [4.69, 9.17) is 5.73 Å². The molecular formula is C7H5F3INO. The van der Waals surface area contributed by atoms with E-state index in [1.165, 1.54) is 29.1 Å². The van der Waals surface area contributed by atoms with Crippen molar-refractivity contribution >= 4 is 28.7 Å². The lowest BCUT2D eigenvalue weighted by Gasteiger charge is -2.08. The first kappa shape index (κ1) is 10.4. The Morgan fingerprint density at radius 1 is 1.23 bits per heavy atom. The van der Waals surface area contributed by atoms with Crippen LogP contribution in [-0.2, 0) is 6.18 Å². The molecule has 0 heterocycles. The number of hydrogen-bond donors (Lipinski definition) is 1. The maximum atomic E-state index is 12.2. The summed E-state index contributed by atoms with van der Waals surface area (Å²) in [6.07, 6.45) is -4.39. The fourth-order valence-corrected chi connectivity index (χ4v) is 1.08. The minimum atomic E-state index is -4.39. The highest BCUT2D eigenvalue weighted by Gasteiger charge is 2.31. The minimum absolute atomic E-state index is 0.0292. The van der Waals surface area contributed by atoms with Gasteiger partial charge in [0.05, 0.1) is 5.56 Å². The molecule has 0 aliphatic carbocycles. The van der Waals surface area contributed by atoms with Gasteiger partial charge in [-0.05, 0) is 12.1 Å². The monoisotopic (exact) mass is 303 g/mol. The Kier molecular flexibility index (Phi) is 2.89. The summed E-state index contributed by atoms with van der Waals surface area (Å²) in [5.74, 6) is 0.0907. The molecule has 0 atom stereocenters. The minimum Gasteiger partial charge on any atom is -0.428 e. The number of nitrogens with two attached hydrogens (primary N) is 1. The van der Waals surface area contributed by atoms with Gasteiger partial charge in [-0.15, -0.1) is 0 Å². The number of anilines is 1. The zero-order valence-electron chi connectivity index (χ0n) is 6.23. The summed E-state index contributed by atoms with van der Waals surface area (Å²) in [7, 11) is 0. The van der Waals surface area contributed by atoms with E-state index < -0.39 is 11.7 Å². The van der Waals surface area contributed by atoms with Crippen molar-refractivity contribution in [3.05, 3.63) is 23.8 Å². The molecule has 1 aromatic carbocycles. The first-order chi connectivity index (χ1) is 5.93. The Hall–Kier alpha value is -0.660. The van der Waals surface area contributed by atoms with Crippen LogP contribution in [-0.4, -0.2) is 0 Å². The quantitative estimate of drug-likeness (QED) is 0.639. The zero-order valence-corrected chi connectivity index (χ0v) is 8.39. The summed E-state index contributed by atoms with van der Waals surface area (Å²) < 4.78 is 41.1. The van der Waals surface area contributed by atoms with Crippen molar-refractivity contribution < 1.29 is 16.2 Å². The van der Waals surface area contributed by atoms with E-state index in [2.05, 4.69) is 3.07 Å². The van der Waals surface area contributed by atoms with E-state index in [1.807, 2.05) is 0 Å². The van der Waals surface area contributed by atoms with Gasteiger partial charge in [-0.3, -0.25) is 0 Å². The second-order valence-corrected chi connectivity index (χ2v) is 2.81. The second kappa shape index (κ2) is 3.60. The van der Waals surface area contributed by atoms with Crippen LogP contribution in [0.4, 0.5) is 18.9 Å². The smallest absolute Gasteiger partial charge is 0.416 e. The molecule has 13 heavy (non-hydrogen) atoms. The van der Waals surface area contributed by atoms with Crippen molar-refractivity contribution in [2.24, 2.45) is 0 Å². The molecule has 1 rings (SSSR count). The molecule has 6 heteroatoms. The lowest BCUT2D eigenvalue weighted by Crippen LogP contribution is -2.05. The van der Waals surface area contributed by atoms with Crippen molar-refractivity contribution in [3.63, 3.8) is 0 Å². The molecule has 0 spiro atoms. The molecule has 0 radical (unpaired) electrons. The third kappa shape index (κ3) is 2.64. The predicted molar refractivity (Wildman–Crippen MR) is 50.5 cm³/mol. The van der Waals surface area contributed by atoms with Crippen molar-refractivity contribution in [2.75, 3.05) is 5.73 Å². The Balaban J connectivity index is 3.16. The average molecular weight is 303 g/mol. The van der Waals surface area contributed by atoms with Crippen LogP contribution in [0.25, 0.3) is 0 Å². The molecule has 0 aromatic heterocycles. The van der Waals surface area contributed by atoms with Crippen LogP contribution in [0.1, 0.15) is 5.56 Å². The van der Waals surface area contributed by atoms with Gasteiger partial charge in [0.15, 0.2) is 23.0 Å². The Bertz CT molecular complexity index is 313. The van der Waals surface area contributed by atoms with Gasteiger partial charge in [0.25, 0.3) is 0 Å². The molecule has 2 nitrogen and oxygen atoms in total. The van der Waals surface area contributed by atoms with Gasteiger partial charge in [-0.25, -0.2) is 0 Å². The van der Waals surface area contributed by atoms with Crippen molar-refractivity contribution in [3.8, 4) is 5.75 Å². The Labute approximate surface area is 86.6 Å². The Morgan fingerprint density at radius 2 is 1.85 bits per heavy atom. The number of hydrogen-bond acceptors (Lipinski definition) is 2. The molecule has 2 N–H and O–H groups in total. The van der Waals surface area contributed by atoms with E-state index in [1.54, 1.807) is 0 Å². The molecule has 0 aliphatic rings. The van der Waals surface area contributed by atoms with Gasteiger partial charge in [0, 0.05) is 11.8 Å². The molecule has 0 bridgehead atoms. The molecule has 0 amide bonds. The van der Waals surface area contributed by atoms with E-state index >= 15 is 0 Å². The van der Waals surface area contributed by atoms with E-state index in [0.717, 1.165) is 12.1 Å². The fourth-order valence-electron chi connectivity index (χ4n) is 0.830. The maximum Gasteiger partial charge on any atom is 0.416 e. The summed E-state index contributed by atoms with van der Waals surface area (Å²) in [6.45, 7) is 0. The predicted octanol–water partition coefficient (Wildman–Crippen LogP) is 3.02. The highest BCUT2D eigenvalue weighted by Crippen LogP contribution is 2.33. The molecule has 1 aromatic rings. The fraction of sp³-hybridized carbons (Fsp3) is 0.143. The van der Waals surface area contributed by atoms with Crippen LogP contribution in [0.15, 0.2) is 18.2 Å². The molecule has 0 aliphatic heterocycles. The largest absolute Gasteiger partial charge is 0.428 e. The average Bonchev–Trinajstić information content (AvgIpc) is 2.01. The molecule has 0 saturated heterocycles. The molecule has 0 fully saturated rings.